The van der Waals surface area contributed by atoms with Gasteiger partial charge in [0.05, 0.1) is 11.7 Å². The summed E-state index contributed by atoms with van der Waals surface area (Å²) < 4.78 is 0. The van der Waals surface area contributed by atoms with Crippen LogP contribution in [0.2, 0.25) is 0 Å². The van der Waals surface area contributed by atoms with Crippen LogP contribution >= 0.6 is 0 Å². The van der Waals surface area contributed by atoms with E-state index in [0.717, 1.165) is 42.8 Å². The smallest absolute Gasteiger partial charge is 0.262 e. The first-order valence-electron chi connectivity index (χ1n) is 10.3. The lowest BCUT2D eigenvalue weighted by Crippen LogP contribution is -2.29. The number of likely N-dealkylation sites (N-methyl/N-ethyl adjacent to an activating group) is 1. The van der Waals surface area contributed by atoms with Gasteiger partial charge in [0.15, 0.2) is 7.85 Å². The van der Waals surface area contributed by atoms with E-state index < -0.39 is 0 Å². The zero-order chi connectivity index (χ0) is 21.9. The fraction of sp³-hybridized carbons (Fsp3) is 0.348. The standard InChI is InChI=1S/C23H30BN5O/c1-4-8-21(17-9-6-5-7-10-17)28-23(30)18(16-25)13-20-14-19(15-22(24)27-20)26-11-12-29(2)3/h5-7,9-10,13-15,21H,4,8,11-12,24H2,1-3H3,(H,26,27)(H,28,30)/b18-13+. The van der Waals surface area contributed by atoms with Gasteiger partial charge in [0, 0.05) is 18.8 Å². The summed E-state index contributed by atoms with van der Waals surface area (Å²) in [5, 5.41) is 15.9. The molecule has 1 atom stereocenters. The largest absolute Gasteiger partial charge is 0.384 e. The molecular formula is C23H30BN5O. The van der Waals surface area contributed by atoms with Crippen LogP contribution in [-0.2, 0) is 4.79 Å². The number of nitrogens with zero attached hydrogens (tertiary/aromatic N) is 3. The number of amides is 1. The summed E-state index contributed by atoms with van der Waals surface area (Å²) in [7, 11) is 5.94. The molecule has 0 fully saturated rings. The number of carbonyl (C=O) groups excluding carboxylic acids is 1. The molecule has 30 heavy (non-hydrogen) atoms. The van der Waals surface area contributed by atoms with Gasteiger partial charge >= 0.3 is 0 Å². The van der Waals surface area contributed by atoms with Gasteiger partial charge in [-0.1, -0.05) is 43.7 Å². The predicted molar refractivity (Wildman–Crippen MR) is 125 cm³/mol. The summed E-state index contributed by atoms with van der Waals surface area (Å²) in [6.07, 6.45) is 3.28. The highest BCUT2D eigenvalue weighted by Gasteiger charge is 2.17. The number of nitriles is 1. The molecule has 2 N–H and O–H groups in total. The highest BCUT2D eigenvalue weighted by Crippen LogP contribution is 2.19. The number of rotatable bonds is 10. The summed E-state index contributed by atoms with van der Waals surface area (Å²) in [5.74, 6) is -0.384. The van der Waals surface area contributed by atoms with Crippen molar-refractivity contribution in [3.8, 4) is 6.07 Å². The Morgan fingerprint density at radius 2 is 2.03 bits per heavy atom. The van der Waals surface area contributed by atoms with Crippen LogP contribution in [0.3, 0.4) is 0 Å². The summed E-state index contributed by atoms with van der Waals surface area (Å²) in [4.78, 5) is 19.4. The maximum atomic E-state index is 12.8. The molecule has 1 aromatic carbocycles. The number of hydrogen-bond donors (Lipinski definition) is 2. The molecule has 0 aliphatic heterocycles. The molecule has 2 rings (SSSR count). The van der Waals surface area contributed by atoms with Crippen LogP contribution in [0.1, 0.15) is 37.1 Å². The van der Waals surface area contributed by atoms with Crippen LogP contribution in [0.5, 0.6) is 0 Å². The van der Waals surface area contributed by atoms with E-state index in [1.165, 1.54) is 0 Å². The van der Waals surface area contributed by atoms with E-state index in [4.69, 9.17) is 0 Å². The number of pyridine rings is 1. The molecule has 0 bridgehead atoms. The lowest BCUT2D eigenvalue weighted by Gasteiger charge is -2.18. The second kappa shape index (κ2) is 11.8. The third kappa shape index (κ3) is 7.38. The average Bonchev–Trinajstić information content (AvgIpc) is 2.71. The first kappa shape index (κ1) is 23.2. The Morgan fingerprint density at radius 3 is 2.67 bits per heavy atom. The third-order valence-electron chi connectivity index (χ3n) is 4.60. The minimum atomic E-state index is -0.384. The van der Waals surface area contributed by atoms with Crippen molar-refractivity contribution in [2.75, 3.05) is 32.5 Å². The molecule has 6 nitrogen and oxygen atoms in total. The molecule has 0 spiro atoms. The van der Waals surface area contributed by atoms with E-state index in [9.17, 15) is 10.1 Å². The number of aromatic nitrogens is 1. The monoisotopic (exact) mass is 403 g/mol. The van der Waals surface area contributed by atoms with Crippen LogP contribution < -0.4 is 16.2 Å². The van der Waals surface area contributed by atoms with E-state index >= 15 is 0 Å². The molecule has 1 amide bonds. The normalized spacial score (nSPS) is 12.3. The zero-order valence-electron chi connectivity index (χ0n) is 18.3. The first-order chi connectivity index (χ1) is 14.4. The fourth-order valence-electron chi connectivity index (χ4n) is 3.12. The molecule has 7 heteroatoms. The number of carbonyl (C=O) groups is 1. The van der Waals surface area contributed by atoms with Crippen LogP contribution in [0, 0.1) is 11.3 Å². The number of nitrogens with one attached hydrogen (secondary N) is 2. The molecule has 1 aromatic heterocycles. The maximum Gasteiger partial charge on any atom is 0.262 e. The highest BCUT2D eigenvalue weighted by atomic mass is 16.1. The number of anilines is 1. The lowest BCUT2D eigenvalue weighted by molar-refractivity contribution is -0.117. The molecule has 1 unspecified atom stereocenters. The number of hydrogen-bond acceptors (Lipinski definition) is 5. The summed E-state index contributed by atoms with van der Waals surface area (Å²) in [6, 6.07) is 15.5. The zero-order valence-corrected chi connectivity index (χ0v) is 18.3. The van der Waals surface area contributed by atoms with E-state index in [2.05, 4.69) is 27.4 Å². The molecule has 1 heterocycles. The van der Waals surface area contributed by atoms with Gasteiger partial charge in [-0.3, -0.25) is 9.78 Å². The van der Waals surface area contributed by atoms with Gasteiger partial charge in [0.2, 0.25) is 0 Å². The predicted octanol–water partition coefficient (Wildman–Crippen LogP) is 1.88. The summed E-state index contributed by atoms with van der Waals surface area (Å²) >= 11 is 0. The maximum absolute atomic E-state index is 12.8. The highest BCUT2D eigenvalue weighted by molar-refractivity contribution is 6.31. The Morgan fingerprint density at radius 1 is 1.30 bits per heavy atom. The van der Waals surface area contributed by atoms with E-state index in [1.807, 2.05) is 70.5 Å². The topological polar surface area (TPSA) is 81.0 Å². The molecule has 0 aliphatic carbocycles. The second-order valence-electron chi connectivity index (χ2n) is 7.55. The van der Waals surface area contributed by atoms with Crippen LogP contribution in [0.15, 0.2) is 48.0 Å². The minimum Gasteiger partial charge on any atom is -0.384 e. The SMILES string of the molecule is Bc1cc(NCCN(C)C)cc(/C=C(\C#N)C(=O)NC(CCC)c2ccccc2)n1. The Labute approximate surface area is 180 Å². The molecule has 0 aliphatic rings. The molecule has 0 saturated heterocycles. The van der Waals surface area contributed by atoms with Crippen molar-refractivity contribution >= 4 is 31.1 Å². The molecule has 2 aromatic rings. The van der Waals surface area contributed by atoms with Crippen LogP contribution in [0.25, 0.3) is 6.08 Å². The van der Waals surface area contributed by atoms with Gasteiger partial charge in [-0.05, 0) is 49.9 Å². The molecule has 0 saturated carbocycles. The average molecular weight is 403 g/mol. The van der Waals surface area contributed by atoms with Gasteiger partial charge in [-0.15, -0.1) is 0 Å². The van der Waals surface area contributed by atoms with Crippen molar-refractivity contribution in [3.63, 3.8) is 0 Å². The van der Waals surface area contributed by atoms with Crippen molar-refractivity contribution in [2.45, 2.75) is 25.8 Å². The molecular weight excluding hydrogens is 373 g/mol. The lowest BCUT2D eigenvalue weighted by atomic mass is 10.0. The van der Waals surface area contributed by atoms with Crippen molar-refractivity contribution in [1.29, 1.82) is 5.26 Å². The van der Waals surface area contributed by atoms with Crippen LogP contribution in [0.4, 0.5) is 5.69 Å². The van der Waals surface area contributed by atoms with E-state index in [1.54, 1.807) is 6.08 Å². The third-order valence-corrected chi connectivity index (χ3v) is 4.60. The fourth-order valence-corrected chi connectivity index (χ4v) is 3.12. The Kier molecular flexibility index (Phi) is 9.11. The van der Waals surface area contributed by atoms with E-state index in [-0.39, 0.29) is 17.5 Å². The van der Waals surface area contributed by atoms with Crippen molar-refractivity contribution in [2.24, 2.45) is 0 Å². The Hall–Kier alpha value is -3.11. The minimum absolute atomic E-state index is 0.0457. The van der Waals surface area contributed by atoms with Gasteiger partial charge in [0.25, 0.3) is 5.91 Å². The Bertz CT molecular complexity index is 906. The van der Waals surface area contributed by atoms with Crippen molar-refractivity contribution in [1.82, 2.24) is 15.2 Å². The molecule has 156 valence electrons. The molecule has 0 radical (unpaired) electrons. The summed E-state index contributed by atoms with van der Waals surface area (Å²) in [6.45, 7) is 3.77. The van der Waals surface area contributed by atoms with E-state index in [0.29, 0.717) is 5.69 Å². The summed E-state index contributed by atoms with van der Waals surface area (Å²) in [5.41, 5.74) is 3.40. The Balaban J connectivity index is 2.18. The van der Waals surface area contributed by atoms with Gasteiger partial charge in [-0.2, -0.15) is 5.26 Å². The van der Waals surface area contributed by atoms with Crippen molar-refractivity contribution < 1.29 is 4.79 Å². The second-order valence-corrected chi connectivity index (χ2v) is 7.55. The van der Waals surface area contributed by atoms with Crippen molar-refractivity contribution in [3.05, 3.63) is 59.3 Å². The van der Waals surface area contributed by atoms with Gasteiger partial charge in [0.1, 0.15) is 11.6 Å². The number of benzene rings is 1. The quantitative estimate of drug-likeness (QED) is 0.360. The van der Waals surface area contributed by atoms with Gasteiger partial charge in [-0.25, -0.2) is 0 Å². The van der Waals surface area contributed by atoms with Gasteiger partial charge < -0.3 is 15.5 Å². The van der Waals surface area contributed by atoms with Crippen LogP contribution in [-0.4, -0.2) is 50.8 Å². The first-order valence-corrected chi connectivity index (χ1v) is 10.3.